The maximum Gasteiger partial charge on any atom is 0.220 e. The summed E-state index contributed by atoms with van der Waals surface area (Å²) in [6.07, 6.45) is 1.22. The van der Waals surface area contributed by atoms with Crippen molar-refractivity contribution in [3.63, 3.8) is 0 Å². The van der Waals surface area contributed by atoms with Crippen LogP contribution in [0.3, 0.4) is 0 Å². The monoisotopic (exact) mass is 165 g/mol. The molecule has 0 aliphatic carbocycles. The highest BCUT2D eigenvalue weighted by molar-refractivity contribution is 5.61. The molecule has 1 aromatic rings. The number of aryl methyl sites for hydroxylation is 2. The lowest BCUT2D eigenvalue weighted by atomic mass is 10.3. The summed E-state index contributed by atoms with van der Waals surface area (Å²) in [6.45, 7) is 3.63. The Balaban J connectivity index is 3.28. The Morgan fingerprint density at radius 2 is 1.75 bits per heavy atom. The summed E-state index contributed by atoms with van der Waals surface area (Å²) in [5, 5.41) is 0. The smallest absolute Gasteiger partial charge is 0.220 e. The van der Waals surface area contributed by atoms with Gasteiger partial charge in [-0.1, -0.05) is 0 Å². The minimum atomic E-state index is 0.265. The second-order valence-corrected chi connectivity index (χ2v) is 2.38. The second kappa shape index (κ2) is 3.17. The molecule has 0 unspecified atom stereocenters. The maximum atomic E-state index is 5.42. The summed E-state index contributed by atoms with van der Waals surface area (Å²) >= 11 is 0. The van der Waals surface area contributed by atoms with Crippen molar-refractivity contribution >= 4 is 18.0 Å². The van der Waals surface area contributed by atoms with Crippen LogP contribution in [0.5, 0.6) is 0 Å². The zero-order valence-electron chi connectivity index (χ0n) is 7.07. The molecule has 0 saturated carbocycles. The molecule has 1 rings (SSSR count). The van der Waals surface area contributed by atoms with Gasteiger partial charge in [0.15, 0.2) is 0 Å². The van der Waals surface area contributed by atoms with Crippen LogP contribution in [-0.2, 0) is 0 Å². The van der Waals surface area contributed by atoms with Crippen molar-refractivity contribution in [3.05, 3.63) is 11.4 Å². The van der Waals surface area contributed by atoms with E-state index in [1.54, 1.807) is 0 Å². The van der Waals surface area contributed by atoms with Crippen LogP contribution in [0.2, 0.25) is 0 Å². The van der Waals surface area contributed by atoms with E-state index in [0.717, 1.165) is 11.4 Å². The van der Waals surface area contributed by atoms with Gasteiger partial charge < -0.3 is 11.5 Å². The van der Waals surface area contributed by atoms with Gasteiger partial charge in [0.2, 0.25) is 5.95 Å². The van der Waals surface area contributed by atoms with Crippen LogP contribution < -0.4 is 11.5 Å². The molecule has 1 aromatic heterocycles. The van der Waals surface area contributed by atoms with E-state index in [-0.39, 0.29) is 5.95 Å². The third-order valence-corrected chi connectivity index (χ3v) is 1.45. The molecule has 64 valence electrons. The second-order valence-electron chi connectivity index (χ2n) is 2.38. The molecule has 0 aliphatic rings. The minimum Gasteiger partial charge on any atom is -0.390 e. The summed E-state index contributed by atoms with van der Waals surface area (Å²) in [6, 6.07) is 0. The summed E-state index contributed by atoms with van der Waals surface area (Å²) < 4.78 is 0. The Morgan fingerprint density at radius 3 is 2.17 bits per heavy atom. The number of hydrogen-bond donors (Lipinski definition) is 2. The lowest BCUT2D eigenvalue weighted by molar-refractivity contribution is 1.06. The SMILES string of the molecule is Cc1nc(N)nc(C)c1N=CN. The van der Waals surface area contributed by atoms with Gasteiger partial charge in [-0.15, -0.1) is 0 Å². The molecule has 0 spiro atoms. The number of aliphatic imine (C=N–C) groups is 1. The van der Waals surface area contributed by atoms with Crippen LogP contribution in [-0.4, -0.2) is 16.3 Å². The first-order valence-electron chi connectivity index (χ1n) is 3.50. The fraction of sp³-hybridized carbons (Fsp3) is 0.286. The number of anilines is 1. The van der Waals surface area contributed by atoms with Gasteiger partial charge in [-0.05, 0) is 13.8 Å². The highest BCUT2D eigenvalue weighted by atomic mass is 15.0. The number of nitrogens with zero attached hydrogens (tertiary/aromatic N) is 3. The first-order chi connectivity index (χ1) is 5.65. The van der Waals surface area contributed by atoms with Crippen LogP contribution in [0.1, 0.15) is 11.4 Å². The van der Waals surface area contributed by atoms with Crippen molar-refractivity contribution in [1.82, 2.24) is 9.97 Å². The zero-order valence-corrected chi connectivity index (χ0v) is 7.07. The third-order valence-electron chi connectivity index (χ3n) is 1.45. The van der Waals surface area contributed by atoms with Gasteiger partial charge in [0.05, 0.1) is 17.7 Å². The first kappa shape index (κ1) is 8.45. The molecule has 0 aromatic carbocycles. The van der Waals surface area contributed by atoms with Gasteiger partial charge in [0.25, 0.3) is 0 Å². The molecule has 0 amide bonds. The van der Waals surface area contributed by atoms with E-state index in [1.807, 2.05) is 13.8 Å². The van der Waals surface area contributed by atoms with E-state index in [2.05, 4.69) is 15.0 Å². The standard InChI is InChI=1S/C7H11N5/c1-4-6(10-3-8)5(2)12-7(9)11-4/h3H,1-2H3,(H2,8,10)(H2,9,11,12). The molecular formula is C7H11N5. The number of nitrogen functional groups attached to an aromatic ring is 1. The quantitative estimate of drug-likeness (QED) is 0.462. The molecule has 0 aliphatic heterocycles. The Kier molecular flexibility index (Phi) is 2.23. The molecule has 12 heavy (non-hydrogen) atoms. The van der Waals surface area contributed by atoms with Crippen LogP contribution in [0.15, 0.2) is 4.99 Å². The number of rotatable bonds is 1. The predicted octanol–water partition coefficient (Wildman–Crippen LogP) is 0.294. The fourth-order valence-electron chi connectivity index (χ4n) is 0.998. The topological polar surface area (TPSA) is 90.2 Å². The molecule has 0 bridgehead atoms. The van der Waals surface area contributed by atoms with E-state index in [0.29, 0.717) is 5.69 Å². The molecular weight excluding hydrogens is 154 g/mol. The highest BCUT2D eigenvalue weighted by Crippen LogP contribution is 2.19. The molecule has 4 N–H and O–H groups in total. The lowest BCUT2D eigenvalue weighted by Gasteiger charge is -2.02. The van der Waals surface area contributed by atoms with Crippen LogP contribution in [0.25, 0.3) is 0 Å². The first-order valence-corrected chi connectivity index (χ1v) is 3.50. The Labute approximate surface area is 70.5 Å². The van der Waals surface area contributed by atoms with Crippen molar-refractivity contribution in [2.24, 2.45) is 10.7 Å². The molecule has 5 heteroatoms. The fourth-order valence-corrected chi connectivity index (χ4v) is 0.998. The average Bonchev–Trinajstić information content (AvgIpc) is 1.96. The average molecular weight is 165 g/mol. The normalized spacial score (nSPS) is 10.8. The minimum absolute atomic E-state index is 0.265. The van der Waals surface area contributed by atoms with Gasteiger partial charge in [0.1, 0.15) is 5.69 Å². The van der Waals surface area contributed by atoms with E-state index in [1.165, 1.54) is 6.34 Å². The molecule has 5 nitrogen and oxygen atoms in total. The van der Waals surface area contributed by atoms with Crippen LogP contribution in [0, 0.1) is 13.8 Å². The number of hydrogen-bond acceptors (Lipinski definition) is 4. The maximum absolute atomic E-state index is 5.42. The van der Waals surface area contributed by atoms with Crippen molar-refractivity contribution in [1.29, 1.82) is 0 Å². The van der Waals surface area contributed by atoms with Crippen molar-refractivity contribution in [3.8, 4) is 0 Å². The molecule has 1 heterocycles. The molecule has 0 radical (unpaired) electrons. The van der Waals surface area contributed by atoms with Gasteiger partial charge in [-0.2, -0.15) is 0 Å². The van der Waals surface area contributed by atoms with Crippen LogP contribution in [0.4, 0.5) is 11.6 Å². The Morgan fingerprint density at radius 1 is 1.25 bits per heavy atom. The van der Waals surface area contributed by atoms with Crippen molar-refractivity contribution in [2.45, 2.75) is 13.8 Å². The van der Waals surface area contributed by atoms with Crippen LogP contribution >= 0.6 is 0 Å². The highest BCUT2D eigenvalue weighted by Gasteiger charge is 2.03. The number of aromatic nitrogens is 2. The Bertz CT molecular complexity index is 295. The van der Waals surface area contributed by atoms with Gasteiger partial charge >= 0.3 is 0 Å². The summed E-state index contributed by atoms with van der Waals surface area (Å²) in [5.41, 5.74) is 12.7. The Hall–Kier alpha value is -1.65. The van der Waals surface area contributed by atoms with E-state index < -0.39 is 0 Å². The van der Waals surface area contributed by atoms with E-state index in [9.17, 15) is 0 Å². The van der Waals surface area contributed by atoms with Crippen molar-refractivity contribution < 1.29 is 0 Å². The largest absolute Gasteiger partial charge is 0.390 e. The summed E-state index contributed by atoms with van der Waals surface area (Å²) in [4.78, 5) is 11.8. The number of nitrogens with two attached hydrogens (primary N) is 2. The van der Waals surface area contributed by atoms with E-state index in [4.69, 9.17) is 11.5 Å². The van der Waals surface area contributed by atoms with Gasteiger partial charge in [0, 0.05) is 0 Å². The molecule has 0 fully saturated rings. The molecule has 0 saturated heterocycles. The van der Waals surface area contributed by atoms with Crippen molar-refractivity contribution in [2.75, 3.05) is 5.73 Å². The third kappa shape index (κ3) is 1.50. The zero-order chi connectivity index (χ0) is 9.14. The molecule has 0 atom stereocenters. The van der Waals surface area contributed by atoms with Gasteiger partial charge in [-0.25, -0.2) is 15.0 Å². The summed E-state index contributed by atoms with van der Waals surface area (Å²) in [5.74, 6) is 0.265. The predicted molar refractivity (Wildman–Crippen MR) is 48.3 cm³/mol. The lowest BCUT2D eigenvalue weighted by Crippen LogP contribution is -2.00. The van der Waals surface area contributed by atoms with E-state index >= 15 is 0 Å². The van der Waals surface area contributed by atoms with Gasteiger partial charge in [-0.3, -0.25) is 0 Å². The summed E-state index contributed by atoms with van der Waals surface area (Å²) in [7, 11) is 0.